The quantitative estimate of drug-likeness (QED) is 0.455. The number of benzene rings is 1. The fourth-order valence-corrected chi connectivity index (χ4v) is 5.12. The van der Waals surface area contributed by atoms with Crippen molar-refractivity contribution < 1.29 is 4.39 Å². The van der Waals surface area contributed by atoms with Gasteiger partial charge in [-0.3, -0.25) is 0 Å². The van der Waals surface area contributed by atoms with E-state index in [2.05, 4.69) is 32.5 Å². The molecule has 1 aliphatic rings. The molecule has 4 N–H and O–H groups in total. The molecule has 0 spiro atoms. The average molecular weight is 439 g/mol. The first kappa shape index (κ1) is 20.0. The Morgan fingerprint density at radius 2 is 1.97 bits per heavy atom. The molecule has 3 heterocycles. The van der Waals surface area contributed by atoms with Gasteiger partial charge in [-0.15, -0.1) is 0 Å². The van der Waals surface area contributed by atoms with Crippen LogP contribution in [0.2, 0.25) is 5.02 Å². The molecule has 1 aliphatic carbocycles. The van der Waals surface area contributed by atoms with Crippen LogP contribution in [0.5, 0.6) is 0 Å². The zero-order valence-corrected chi connectivity index (χ0v) is 18.0. The van der Waals surface area contributed by atoms with Crippen LogP contribution in [-0.4, -0.2) is 19.5 Å². The Balaban J connectivity index is 1.32. The van der Waals surface area contributed by atoms with E-state index in [-0.39, 0.29) is 11.6 Å². The van der Waals surface area contributed by atoms with Crippen molar-refractivity contribution in [2.45, 2.75) is 45.1 Å². The number of pyridine rings is 1. The van der Waals surface area contributed by atoms with E-state index in [1.54, 1.807) is 12.1 Å². The second-order valence-corrected chi connectivity index (χ2v) is 8.92. The molecule has 160 valence electrons. The molecule has 1 fully saturated rings. The highest BCUT2D eigenvalue weighted by Crippen LogP contribution is 2.40. The third-order valence-corrected chi connectivity index (χ3v) is 6.82. The van der Waals surface area contributed by atoms with Crippen molar-refractivity contribution in [3.05, 3.63) is 52.7 Å². The van der Waals surface area contributed by atoms with Gasteiger partial charge >= 0.3 is 0 Å². The van der Waals surface area contributed by atoms with Crippen LogP contribution in [0.3, 0.4) is 0 Å². The molecule has 0 amide bonds. The Morgan fingerprint density at radius 3 is 2.81 bits per heavy atom. The molecule has 4 aromatic rings. The summed E-state index contributed by atoms with van der Waals surface area (Å²) in [6.45, 7) is 2.09. The summed E-state index contributed by atoms with van der Waals surface area (Å²) in [5.41, 5.74) is 15.2. The first-order chi connectivity index (χ1) is 14.9. The van der Waals surface area contributed by atoms with Gasteiger partial charge in [0.15, 0.2) is 0 Å². The molecule has 0 radical (unpaired) electrons. The molecule has 8 heteroatoms. The van der Waals surface area contributed by atoms with Gasteiger partial charge in [-0.25, -0.2) is 19.3 Å². The van der Waals surface area contributed by atoms with Crippen LogP contribution in [0.1, 0.15) is 43.0 Å². The van der Waals surface area contributed by atoms with Crippen LogP contribution < -0.4 is 11.5 Å². The molecule has 2 unspecified atom stereocenters. The molecular weight excluding hydrogens is 415 g/mol. The first-order valence-corrected chi connectivity index (χ1v) is 10.9. The number of fused-ring (bicyclic) bond motifs is 2. The fourth-order valence-electron chi connectivity index (χ4n) is 4.96. The van der Waals surface area contributed by atoms with E-state index in [4.69, 9.17) is 23.1 Å². The number of rotatable bonds is 4. The predicted molar refractivity (Wildman–Crippen MR) is 122 cm³/mol. The predicted octanol–water partition coefficient (Wildman–Crippen LogP) is 5.22. The number of nitrogens with two attached hydrogens (primary N) is 2. The van der Waals surface area contributed by atoms with E-state index in [9.17, 15) is 4.39 Å². The van der Waals surface area contributed by atoms with Gasteiger partial charge in [0.25, 0.3) is 0 Å². The van der Waals surface area contributed by atoms with Crippen LogP contribution in [0, 0.1) is 18.7 Å². The highest BCUT2D eigenvalue weighted by molar-refractivity contribution is 6.33. The largest absolute Gasteiger partial charge is 0.383 e. The Morgan fingerprint density at radius 1 is 1.13 bits per heavy atom. The zero-order valence-electron chi connectivity index (χ0n) is 17.3. The van der Waals surface area contributed by atoms with E-state index < -0.39 is 0 Å². The summed E-state index contributed by atoms with van der Waals surface area (Å²) in [5.74, 6) is 1.09. The van der Waals surface area contributed by atoms with Crippen molar-refractivity contribution in [2.24, 2.45) is 5.92 Å². The number of aryl methyl sites for hydroxylation is 2. The summed E-state index contributed by atoms with van der Waals surface area (Å²) in [7, 11) is 0. The number of anilines is 2. The molecule has 0 saturated heterocycles. The third kappa shape index (κ3) is 3.57. The third-order valence-electron chi connectivity index (χ3n) is 6.52. The molecule has 6 nitrogen and oxygen atoms in total. The summed E-state index contributed by atoms with van der Waals surface area (Å²) < 4.78 is 17.0. The lowest BCUT2D eigenvalue weighted by Gasteiger charge is -2.17. The van der Waals surface area contributed by atoms with Crippen molar-refractivity contribution in [1.82, 2.24) is 19.5 Å². The maximum atomic E-state index is 14.7. The fraction of sp³-hybridized carbons (Fsp3) is 0.348. The van der Waals surface area contributed by atoms with Crippen molar-refractivity contribution in [3.63, 3.8) is 0 Å². The molecule has 0 aliphatic heterocycles. The molecule has 5 rings (SSSR count). The number of hydrogen-bond acceptors (Lipinski definition) is 5. The lowest BCUT2D eigenvalue weighted by atomic mass is 9.97. The minimum Gasteiger partial charge on any atom is -0.383 e. The number of halogens is 2. The monoisotopic (exact) mass is 438 g/mol. The zero-order chi connectivity index (χ0) is 21.7. The summed E-state index contributed by atoms with van der Waals surface area (Å²) >= 11 is 6.01. The van der Waals surface area contributed by atoms with Gasteiger partial charge in [0.05, 0.1) is 15.9 Å². The number of nitrogens with zero attached hydrogens (tertiary/aromatic N) is 4. The van der Waals surface area contributed by atoms with Crippen molar-refractivity contribution in [3.8, 4) is 0 Å². The molecule has 1 saturated carbocycles. The smallest absolute Gasteiger partial charge is 0.145 e. The maximum Gasteiger partial charge on any atom is 0.145 e. The Hall–Kier alpha value is -2.93. The van der Waals surface area contributed by atoms with Gasteiger partial charge in [0, 0.05) is 17.1 Å². The average Bonchev–Trinajstić information content (AvgIpc) is 3.32. The van der Waals surface area contributed by atoms with Crippen LogP contribution in [0.25, 0.3) is 21.9 Å². The van der Waals surface area contributed by atoms with Crippen LogP contribution in [0.15, 0.2) is 30.6 Å². The van der Waals surface area contributed by atoms with Crippen LogP contribution in [-0.2, 0) is 6.42 Å². The Bertz CT molecular complexity index is 1300. The molecular formula is C23H24ClFN6. The van der Waals surface area contributed by atoms with E-state index in [1.165, 1.54) is 12.4 Å². The van der Waals surface area contributed by atoms with Crippen molar-refractivity contribution in [1.29, 1.82) is 0 Å². The van der Waals surface area contributed by atoms with Crippen molar-refractivity contribution >= 4 is 45.2 Å². The van der Waals surface area contributed by atoms with Crippen LogP contribution >= 0.6 is 11.6 Å². The standard InChI is InChI=1S/C23H24ClFN6/c1-12-6-17-21(26)28-11-29-23(17)31(12)16-5-3-13(7-16)2-4-14-10-20-15(9-19(14)25)8-18(24)22(27)30-20/h6,8-11,13,16H,2-5,7H2,1H3,(H2,27,30)(H2,26,28,29). The summed E-state index contributed by atoms with van der Waals surface area (Å²) in [4.78, 5) is 12.9. The van der Waals surface area contributed by atoms with E-state index in [1.807, 2.05) is 0 Å². The minimum atomic E-state index is -0.218. The molecule has 2 atom stereocenters. The lowest BCUT2D eigenvalue weighted by Crippen LogP contribution is -2.09. The minimum absolute atomic E-state index is 0.218. The molecule has 31 heavy (non-hydrogen) atoms. The van der Waals surface area contributed by atoms with Gasteiger partial charge in [-0.05, 0) is 74.8 Å². The molecule has 1 aromatic carbocycles. The lowest BCUT2D eigenvalue weighted by molar-refractivity contribution is 0.454. The van der Waals surface area contributed by atoms with Crippen molar-refractivity contribution in [2.75, 3.05) is 11.5 Å². The Labute approximate surface area is 184 Å². The number of nitrogen functional groups attached to an aromatic ring is 2. The SMILES string of the molecule is Cc1cc2c(N)ncnc2n1C1CCC(CCc2cc3nc(N)c(Cl)cc3cc2F)C1. The van der Waals surface area contributed by atoms with Gasteiger partial charge in [0.1, 0.15) is 29.4 Å². The second-order valence-electron chi connectivity index (χ2n) is 8.52. The highest BCUT2D eigenvalue weighted by Gasteiger charge is 2.28. The van der Waals surface area contributed by atoms with E-state index in [0.717, 1.165) is 42.4 Å². The van der Waals surface area contributed by atoms with Crippen LogP contribution in [0.4, 0.5) is 16.0 Å². The topological polar surface area (TPSA) is 95.6 Å². The highest BCUT2D eigenvalue weighted by atomic mass is 35.5. The second kappa shape index (κ2) is 7.64. The maximum absolute atomic E-state index is 14.7. The molecule has 0 bridgehead atoms. The number of hydrogen-bond donors (Lipinski definition) is 2. The summed E-state index contributed by atoms with van der Waals surface area (Å²) in [6, 6.07) is 7.40. The summed E-state index contributed by atoms with van der Waals surface area (Å²) in [6.07, 6.45) is 6.36. The summed E-state index contributed by atoms with van der Waals surface area (Å²) in [5, 5.41) is 1.92. The number of aromatic nitrogens is 4. The molecule has 3 aromatic heterocycles. The first-order valence-electron chi connectivity index (χ1n) is 10.5. The van der Waals surface area contributed by atoms with E-state index in [0.29, 0.717) is 45.7 Å². The van der Waals surface area contributed by atoms with Gasteiger partial charge in [0.2, 0.25) is 0 Å². The van der Waals surface area contributed by atoms with Gasteiger partial charge in [-0.1, -0.05) is 11.6 Å². The van der Waals surface area contributed by atoms with Gasteiger partial charge in [-0.2, -0.15) is 0 Å². The van der Waals surface area contributed by atoms with Gasteiger partial charge < -0.3 is 16.0 Å². The Kier molecular flexibility index (Phi) is 4.93. The normalized spacial score (nSPS) is 18.9. The van der Waals surface area contributed by atoms with E-state index >= 15 is 0 Å².